The Bertz CT molecular complexity index is 366. The normalized spacial score (nSPS) is 11.9. The number of nitrogens with two attached hydrogens (primary N) is 1. The summed E-state index contributed by atoms with van der Waals surface area (Å²) in [7, 11) is 0. The molecule has 0 radical (unpaired) electrons. The summed E-state index contributed by atoms with van der Waals surface area (Å²) in [4.78, 5) is 11.8. The van der Waals surface area contributed by atoms with Gasteiger partial charge in [-0.15, -0.1) is 0 Å². The predicted octanol–water partition coefficient (Wildman–Crippen LogP) is 2.01. The van der Waals surface area contributed by atoms with Crippen molar-refractivity contribution in [1.82, 2.24) is 0 Å². The van der Waals surface area contributed by atoms with Crippen molar-refractivity contribution in [1.29, 1.82) is 0 Å². The summed E-state index contributed by atoms with van der Waals surface area (Å²) in [6.45, 7) is 4.87. The fourth-order valence-electron chi connectivity index (χ4n) is 1.49. The molecule has 0 fully saturated rings. The minimum Gasteiger partial charge on any atom is -0.492 e. The molecule has 3 N–H and O–H groups in total. The summed E-state index contributed by atoms with van der Waals surface area (Å²) in [6.07, 6.45) is 0.683. The standard InChI is InChI=1S/C13H20N2O2/c1-3-17-12-7-5-4-6-11(12)15-13(16)10(2)8-9-14/h4-7,10H,3,8-9,14H2,1-2H3,(H,15,16). The lowest BCUT2D eigenvalue weighted by molar-refractivity contribution is -0.119. The third kappa shape index (κ3) is 4.07. The molecule has 1 atom stereocenters. The molecule has 17 heavy (non-hydrogen) atoms. The molecule has 1 amide bonds. The van der Waals surface area contributed by atoms with Gasteiger partial charge in [0, 0.05) is 5.92 Å². The van der Waals surface area contributed by atoms with Gasteiger partial charge in [-0.1, -0.05) is 19.1 Å². The summed E-state index contributed by atoms with van der Waals surface area (Å²) in [5, 5.41) is 2.86. The van der Waals surface area contributed by atoms with Crippen LogP contribution in [0.1, 0.15) is 20.3 Å². The zero-order valence-corrected chi connectivity index (χ0v) is 10.4. The molecule has 0 bridgehead atoms. The number of carbonyl (C=O) groups is 1. The third-order valence-electron chi connectivity index (χ3n) is 2.49. The van der Waals surface area contributed by atoms with Crippen molar-refractivity contribution in [3.05, 3.63) is 24.3 Å². The first-order valence-corrected chi connectivity index (χ1v) is 5.91. The van der Waals surface area contributed by atoms with Gasteiger partial charge in [0.1, 0.15) is 5.75 Å². The Kier molecular flexibility index (Phi) is 5.49. The van der Waals surface area contributed by atoms with E-state index in [-0.39, 0.29) is 11.8 Å². The highest BCUT2D eigenvalue weighted by Crippen LogP contribution is 2.24. The summed E-state index contributed by atoms with van der Waals surface area (Å²) >= 11 is 0. The van der Waals surface area contributed by atoms with Gasteiger partial charge in [0.25, 0.3) is 0 Å². The number of hydrogen-bond donors (Lipinski definition) is 2. The van der Waals surface area contributed by atoms with Gasteiger partial charge >= 0.3 is 0 Å². The SMILES string of the molecule is CCOc1ccccc1NC(=O)C(C)CCN. The van der Waals surface area contributed by atoms with Gasteiger partial charge in [-0.2, -0.15) is 0 Å². The molecular formula is C13H20N2O2. The van der Waals surface area contributed by atoms with Crippen molar-refractivity contribution in [2.24, 2.45) is 11.7 Å². The molecule has 0 saturated heterocycles. The van der Waals surface area contributed by atoms with E-state index in [0.717, 1.165) is 0 Å². The average Bonchev–Trinajstić information content (AvgIpc) is 2.32. The van der Waals surface area contributed by atoms with E-state index in [1.54, 1.807) is 0 Å². The molecule has 0 aromatic heterocycles. The van der Waals surface area contributed by atoms with E-state index < -0.39 is 0 Å². The van der Waals surface area contributed by atoms with Crippen LogP contribution >= 0.6 is 0 Å². The molecule has 0 spiro atoms. The number of nitrogens with one attached hydrogen (secondary N) is 1. The van der Waals surface area contributed by atoms with Crippen LogP contribution in [-0.2, 0) is 4.79 Å². The van der Waals surface area contributed by atoms with Gasteiger partial charge in [0.05, 0.1) is 12.3 Å². The summed E-state index contributed by atoms with van der Waals surface area (Å²) in [6, 6.07) is 7.42. The van der Waals surface area contributed by atoms with Crippen LogP contribution in [0.5, 0.6) is 5.75 Å². The van der Waals surface area contributed by atoms with E-state index in [2.05, 4.69) is 5.32 Å². The molecule has 4 nitrogen and oxygen atoms in total. The fourth-order valence-corrected chi connectivity index (χ4v) is 1.49. The lowest BCUT2D eigenvalue weighted by Gasteiger charge is -2.14. The second kappa shape index (κ2) is 6.91. The molecule has 1 aromatic rings. The van der Waals surface area contributed by atoms with Crippen molar-refractivity contribution in [2.45, 2.75) is 20.3 Å². The van der Waals surface area contributed by atoms with Crippen molar-refractivity contribution in [3.63, 3.8) is 0 Å². The van der Waals surface area contributed by atoms with Crippen LogP contribution in [0.3, 0.4) is 0 Å². The quantitative estimate of drug-likeness (QED) is 0.794. The van der Waals surface area contributed by atoms with Gasteiger partial charge in [-0.05, 0) is 32.0 Å². The molecule has 0 heterocycles. The zero-order valence-electron chi connectivity index (χ0n) is 10.4. The number of ether oxygens (including phenoxy) is 1. The Morgan fingerprint density at radius 1 is 1.47 bits per heavy atom. The van der Waals surface area contributed by atoms with Crippen molar-refractivity contribution >= 4 is 11.6 Å². The maximum absolute atomic E-state index is 11.8. The monoisotopic (exact) mass is 236 g/mol. The molecule has 1 unspecified atom stereocenters. The Labute approximate surface area is 102 Å². The van der Waals surface area contributed by atoms with E-state index in [4.69, 9.17) is 10.5 Å². The Hall–Kier alpha value is -1.55. The first-order chi connectivity index (χ1) is 8.19. The number of amides is 1. The number of benzene rings is 1. The van der Waals surface area contributed by atoms with E-state index in [9.17, 15) is 4.79 Å². The van der Waals surface area contributed by atoms with Crippen molar-refractivity contribution in [2.75, 3.05) is 18.5 Å². The van der Waals surface area contributed by atoms with Gasteiger partial charge in [0.15, 0.2) is 0 Å². The van der Waals surface area contributed by atoms with E-state index in [1.807, 2.05) is 38.1 Å². The molecule has 4 heteroatoms. The van der Waals surface area contributed by atoms with E-state index >= 15 is 0 Å². The van der Waals surface area contributed by atoms with Gasteiger partial charge in [-0.3, -0.25) is 4.79 Å². The number of rotatable bonds is 6. The first kappa shape index (κ1) is 13.5. The zero-order chi connectivity index (χ0) is 12.7. The van der Waals surface area contributed by atoms with Crippen LogP contribution in [0.15, 0.2) is 24.3 Å². The molecule has 0 saturated carbocycles. The van der Waals surface area contributed by atoms with Gasteiger partial charge in [0.2, 0.25) is 5.91 Å². The summed E-state index contributed by atoms with van der Waals surface area (Å²) in [5.41, 5.74) is 6.14. The second-order valence-corrected chi connectivity index (χ2v) is 3.90. The third-order valence-corrected chi connectivity index (χ3v) is 2.49. The first-order valence-electron chi connectivity index (χ1n) is 5.91. The molecule has 0 aliphatic carbocycles. The minimum atomic E-state index is -0.0883. The molecule has 1 aromatic carbocycles. The second-order valence-electron chi connectivity index (χ2n) is 3.90. The highest BCUT2D eigenvalue weighted by atomic mass is 16.5. The Balaban J connectivity index is 2.70. The maximum atomic E-state index is 11.8. The van der Waals surface area contributed by atoms with Crippen LogP contribution < -0.4 is 15.8 Å². The van der Waals surface area contributed by atoms with Crippen LogP contribution in [0.25, 0.3) is 0 Å². The fraction of sp³-hybridized carbons (Fsp3) is 0.462. The van der Waals surface area contributed by atoms with Gasteiger partial charge in [-0.25, -0.2) is 0 Å². The van der Waals surface area contributed by atoms with E-state index in [1.165, 1.54) is 0 Å². The molecule has 1 rings (SSSR count). The topological polar surface area (TPSA) is 64.3 Å². The van der Waals surface area contributed by atoms with Crippen LogP contribution in [0.2, 0.25) is 0 Å². The summed E-state index contributed by atoms with van der Waals surface area (Å²) < 4.78 is 5.44. The molecule has 94 valence electrons. The lowest BCUT2D eigenvalue weighted by Crippen LogP contribution is -2.23. The average molecular weight is 236 g/mol. The molecule has 0 aliphatic rings. The summed E-state index contributed by atoms with van der Waals surface area (Å²) in [5.74, 6) is 0.584. The maximum Gasteiger partial charge on any atom is 0.227 e. The number of anilines is 1. The van der Waals surface area contributed by atoms with Crippen LogP contribution in [0, 0.1) is 5.92 Å². The lowest BCUT2D eigenvalue weighted by atomic mass is 10.1. The number of carbonyl (C=O) groups excluding carboxylic acids is 1. The van der Waals surface area contributed by atoms with Gasteiger partial charge < -0.3 is 15.8 Å². The molecular weight excluding hydrogens is 216 g/mol. The Morgan fingerprint density at radius 2 is 2.18 bits per heavy atom. The highest BCUT2D eigenvalue weighted by molar-refractivity contribution is 5.93. The minimum absolute atomic E-state index is 0.0254. The van der Waals surface area contributed by atoms with E-state index in [0.29, 0.717) is 31.0 Å². The Morgan fingerprint density at radius 3 is 2.82 bits per heavy atom. The smallest absolute Gasteiger partial charge is 0.227 e. The predicted molar refractivity (Wildman–Crippen MR) is 69.1 cm³/mol. The van der Waals surface area contributed by atoms with Crippen LogP contribution in [0.4, 0.5) is 5.69 Å². The van der Waals surface area contributed by atoms with Crippen LogP contribution in [-0.4, -0.2) is 19.1 Å². The highest BCUT2D eigenvalue weighted by Gasteiger charge is 2.13. The van der Waals surface area contributed by atoms with Crippen molar-refractivity contribution < 1.29 is 9.53 Å². The molecule has 0 aliphatic heterocycles. The number of para-hydroxylation sites is 2. The largest absolute Gasteiger partial charge is 0.492 e. The number of hydrogen-bond acceptors (Lipinski definition) is 3. The van der Waals surface area contributed by atoms with Crippen molar-refractivity contribution in [3.8, 4) is 5.75 Å².